The Balaban J connectivity index is 1.69. The van der Waals surface area contributed by atoms with Gasteiger partial charge >= 0.3 is 11.9 Å². The molecule has 0 N–H and O–H groups in total. The summed E-state index contributed by atoms with van der Waals surface area (Å²) in [4.78, 5) is 25.2. The highest BCUT2D eigenvalue weighted by Crippen LogP contribution is 2.66. The van der Waals surface area contributed by atoms with Gasteiger partial charge in [-0.25, -0.2) is 0 Å². The summed E-state index contributed by atoms with van der Waals surface area (Å²) in [6, 6.07) is 6.05. The van der Waals surface area contributed by atoms with E-state index in [2.05, 4.69) is 32.7 Å². The van der Waals surface area contributed by atoms with E-state index in [1.54, 1.807) is 12.1 Å². The molecule has 28 heavy (non-hydrogen) atoms. The molecule has 5 nitrogen and oxygen atoms in total. The summed E-state index contributed by atoms with van der Waals surface area (Å²) in [7, 11) is 2.23. The van der Waals surface area contributed by atoms with Gasteiger partial charge in [0, 0.05) is 26.4 Å². The molecule has 2 bridgehead atoms. The molecule has 0 spiro atoms. The molecule has 0 heterocycles. The average Bonchev–Trinajstić information content (AvgIpc) is 2.94. The number of fused-ring (bicyclic) bond motifs is 2. The van der Waals surface area contributed by atoms with Gasteiger partial charge in [-0.2, -0.15) is 0 Å². The number of benzene rings is 1. The van der Waals surface area contributed by atoms with Crippen LogP contribution in [0.15, 0.2) is 18.2 Å². The largest absolute Gasteiger partial charge is 0.423 e. The molecule has 0 saturated heterocycles. The first kappa shape index (κ1) is 20.8. The Morgan fingerprint density at radius 1 is 1.11 bits per heavy atom. The van der Waals surface area contributed by atoms with Gasteiger partial charge in [-0.15, -0.1) is 0 Å². The predicted octanol–water partition coefficient (Wildman–Crippen LogP) is 4.23. The third kappa shape index (κ3) is 3.69. The first-order valence-electron chi connectivity index (χ1n) is 10.2. The zero-order chi connectivity index (χ0) is 20.7. The van der Waals surface area contributed by atoms with E-state index < -0.39 is 11.9 Å². The van der Waals surface area contributed by atoms with Crippen molar-refractivity contribution >= 4 is 11.9 Å². The number of esters is 2. The molecule has 1 aromatic rings. The smallest absolute Gasteiger partial charge is 0.308 e. The van der Waals surface area contributed by atoms with Gasteiger partial charge < -0.3 is 14.4 Å². The first-order chi connectivity index (χ1) is 13.0. The van der Waals surface area contributed by atoms with Crippen LogP contribution in [0.4, 0.5) is 0 Å². The lowest BCUT2D eigenvalue weighted by atomic mass is 9.69. The van der Waals surface area contributed by atoms with Gasteiger partial charge in [0.1, 0.15) is 0 Å². The fraction of sp³-hybridized carbons (Fsp3) is 0.652. The zero-order valence-electron chi connectivity index (χ0n) is 18.0. The Kier molecular flexibility index (Phi) is 5.59. The molecule has 2 saturated carbocycles. The number of rotatable bonds is 6. The summed E-state index contributed by atoms with van der Waals surface area (Å²) < 4.78 is 10.4. The minimum atomic E-state index is -0.437. The fourth-order valence-corrected chi connectivity index (χ4v) is 5.47. The Morgan fingerprint density at radius 3 is 2.29 bits per heavy atom. The zero-order valence-corrected chi connectivity index (χ0v) is 18.0. The Bertz CT molecular complexity index is 772. The Labute approximate surface area is 168 Å². The molecule has 0 aliphatic heterocycles. The summed E-state index contributed by atoms with van der Waals surface area (Å²) in [6.07, 6.45) is 4.80. The van der Waals surface area contributed by atoms with E-state index in [-0.39, 0.29) is 5.75 Å². The quantitative estimate of drug-likeness (QED) is 0.540. The van der Waals surface area contributed by atoms with Gasteiger partial charge in [-0.05, 0) is 67.2 Å². The van der Waals surface area contributed by atoms with Crippen LogP contribution in [0.1, 0.15) is 59.4 Å². The van der Waals surface area contributed by atoms with Crippen LogP contribution in [0.25, 0.3) is 0 Å². The van der Waals surface area contributed by atoms with Crippen molar-refractivity contribution in [1.29, 1.82) is 0 Å². The second kappa shape index (κ2) is 7.51. The monoisotopic (exact) mass is 387 g/mol. The van der Waals surface area contributed by atoms with Gasteiger partial charge in [0.25, 0.3) is 0 Å². The molecule has 3 atom stereocenters. The number of hydrogen-bond donors (Lipinski definition) is 0. The Morgan fingerprint density at radius 2 is 1.75 bits per heavy atom. The van der Waals surface area contributed by atoms with Crippen LogP contribution in [-0.4, -0.2) is 36.5 Å². The molecule has 3 rings (SSSR count). The van der Waals surface area contributed by atoms with Gasteiger partial charge in [-0.1, -0.05) is 26.8 Å². The van der Waals surface area contributed by atoms with E-state index in [1.165, 1.54) is 33.1 Å². The van der Waals surface area contributed by atoms with Crippen LogP contribution in [0.2, 0.25) is 0 Å². The van der Waals surface area contributed by atoms with Crippen molar-refractivity contribution in [2.75, 3.05) is 13.6 Å². The molecular formula is C23H33NO4. The second-order valence-electron chi connectivity index (χ2n) is 9.33. The number of likely N-dealkylation sites (N-methyl/N-ethyl adjacent to an activating group) is 1. The SMILES string of the molecule is CC(=O)Oc1ccc(CCN(C)[C@H]2C[C@@H]3CC[C@]2(C)C3(C)C)cc1OC(C)=O. The maximum Gasteiger partial charge on any atom is 0.308 e. The maximum atomic E-state index is 11.4. The lowest BCUT2D eigenvalue weighted by Gasteiger charge is -2.43. The van der Waals surface area contributed by atoms with E-state index in [1.807, 2.05) is 6.07 Å². The third-order valence-corrected chi connectivity index (χ3v) is 7.55. The maximum absolute atomic E-state index is 11.4. The topological polar surface area (TPSA) is 55.8 Å². The molecule has 2 fully saturated rings. The molecule has 154 valence electrons. The van der Waals surface area contributed by atoms with Crippen molar-refractivity contribution < 1.29 is 19.1 Å². The van der Waals surface area contributed by atoms with E-state index in [0.29, 0.717) is 22.6 Å². The van der Waals surface area contributed by atoms with Crippen molar-refractivity contribution in [2.45, 2.75) is 66.3 Å². The molecule has 0 radical (unpaired) electrons. The van der Waals surface area contributed by atoms with Crippen LogP contribution in [0, 0.1) is 16.7 Å². The van der Waals surface area contributed by atoms with Crippen molar-refractivity contribution in [1.82, 2.24) is 4.90 Å². The summed E-state index contributed by atoms with van der Waals surface area (Å²) in [5.41, 5.74) is 1.83. The lowest BCUT2D eigenvalue weighted by Crippen LogP contribution is -2.46. The summed E-state index contributed by atoms with van der Waals surface area (Å²) in [5, 5.41) is 0. The molecule has 1 aromatic carbocycles. The van der Waals surface area contributed by atoms with Crippen LogP contribution < -0.4 is 9.47 Å². The number of ether oxygens (including phenoxy) is 2. The van der Waals surface area contributed by atoms with Crippen molar-refractivity contribution in [3.05, 3.63) is 23.8 Å². The highest BCUT2D eigenvalue weighted by atomic mass is 16.6. The van der Waals surface area contributed by atoms with Crippen molar-refractivity contribution in [3.8, 4) is 11.5 Å². The summed E-state index contributed by atoms with van der Waals surface area (Å²) in [6.45, 7) is 11.0. The highest BCUT2D eigenvalue weighted by Gasteiger charge is 2.61. The van der Waals surface area contributed by atoms with Crippen LogP contribution in [0.5, 0.6) is 11.5 Å². The van der Waals surface area contributed by atoms with Gasteiger partial charge in [0.05, 0.1) is 0 Å². The van der Waals surface area contributed by atoms with Crippen molar-refractivity contribution in [2.24, 2.45) is 16.7 Å². The third-order valence-electron chi connectivity index (χ3n) is 7.55. The summed E-state index contributed by atoms with van der Waals surface area (Å²) >= 11 is 0. The normalized spacial score (nSPS) is 27.8. The molecule has 5 heteroatoms. The van der Waals surface area contributed by atoms with Gasteiger partial charge in [-0.3, -0.25) is 9.59 Å². The minimum absolute atomic E-state index is 0.280. The van der Waals surface area contributed by atoms with Gasteiger partial charge in [0.2, 0.25) is 0 Å². The fourth-order valence-electron chi connectivity index (χ4n) is 5.47. The predicted molar refractivity (Wildman–Crippen MR) is 108 cm³/mol. The molecule has 0 amide bonds. The standard InChI is InChI=1S/C23H33NO4/c1-15(25)27-19-8-7-17(13-20(19)28-16(2)26)10-12-24(6)21-14-18-9-11-23(21,5)22(18,3)4/h7-8,13,18,21H,9-12,14H2,1-6H3/t18-,21-,23-/m0/s1. The van der Waals surface area contributed by atoms with E-state index in [9.17, 15) is 9.59 Å². The molecular weight excluding hydrogens is 354 g/mol. The average molecular weight is 388 g/mol. The molecule has 0 aromatic heterocycles. The lowest BCUT2D eigenvalue weighted by molar-refractivity contribution is -0.134. The first-order valence-corrected chi connectivity index (χ1v) is 10.2. The Hall–Kier alpha value is -1.88. The van der Waals surface area contributed by atoms with Crippen LogP contribution in [-0.2, 0) is 16.0 Å². The minimum Gasteiger partial charge on any atom is -0.423 e. The number of hydrogen-bond acceptors (Lipinski definition) is 5. The van der Waals surface area contributed by atoms with E-state index in [4.69, 9.17) is 9.47 Å². The summed E-state index contributed by atoms with van der Waals surface area (Å²) in [5.74, 6) is 0.536. The second-order valence-corrected chi connectivity index (χ2v) is 9.33. The van der Waals surface area contributed by atoms with Crippen molar-refractivity contribution in [3.63, 3.8) is 0 Å². The molecule has 2 aliphatic carbocycles. The number of carbonyl (C=O) groups excluding carboxylic acids is 2. The highest BCUT2D eigenvalue weighted by molar-refractivity contribution is 5.73. The number of nitrogens with zero attached hydrogens (tertiary/aromatic N) is 1. The molecule has 0 unspecified atom stereocenters. The van der Waals surface area contributed by atoms with Crippen LogP contribution >= 0.6 is 0 Å². The van der Waals surface area contributed by atoms with Gasteiger partial charge in [0.15, 0.2) is 11.5 Å². The van der Waals surface area contributed by atoms with E-state index in [0.717, 1.165) is 24.4 Å². The van der Waals surface area contributed by atoms with E-state index >= 15 is 0 Å². The molecule has 2 aliphatic rings. The number of carbonyl (C=O) groups is 2. The van der Waals surface area contributed by atoms with Crippen LogP contribution in [0.3, 0.4) is 0 Å².